The molecule has 198 valence electrons. The summed E-state index contributed by atoms with van der Waals surface area (Å²) in [4.78, 5) is 33.6. The van der Waals surface area contributed by atoms with Crippen molar-refractivity contribution in [1.29, 1.82) is 0 Å². The minimum atomic E-state index is -3.65. The van der Waals surface area contributed by atoms with Crippen LogP contribution < -0.4 is 10.2 Å². The van der Waals surface area contributed by atoms with Crippen molar-refractivity contribution >= 4 is 39.1 Å². The first-order chi connectivity index (χ1) is 18.1. The first kappa shape index (κ1) is 24.6. The Bertz CT molecular complexity index is 1580. The van der Waals surface area contributed by atoms with Crippen LogP contribution in [-0.2, 0) is 28.2 Å². The lowest BCUT2D eigenvalue weighted by Gasteiger charge is -2.24. The van der Waals surface area contributed by atoms with Crippen LogP contribution in [0.25, 0.3) is 11.3 Å². The van der Waals surface area contributed by atoms with Crippen LogP contribution >= 0.6 is 0 Å². The molecule has 1 saturated carbocycles. The van der Waals surface area contributed by atoms with Gasteiger partial charge in [0.15, 0.2) is 15.7 Å². The molecular weight excluding hydrogens is 504 g/mol. The van der Waals surface area contributed by atoms with Crippen molar-refractivity contribution < 1.29 is 18.0 Å². The number of carbonyl (C=O) groups excluding carboxylic acids is 2. The smallest absolute Gasteiger partial charge is 0.256 e. The number of fused-ring (bicyclic) bond motifs is 1. The largest absolute Gasteiger partial charge is 0.331 e. The molecule has 4 heterocycles. The summed E-state index contributed by atoms with van der Waals surface area (Å²) in [7, 11) is -1.87. The van der Waals surface area contributed by atoms with Gasteiger partial charge in [0.2, 0.25) is 5.91 Å². The number of pyridine rings is 1. The van der Waals surface area contributed by atoms with E-state index in [0.717, 1.165) is 31.1 Å². The van der Waals surface area contributed by atoms with E-state index in [9.17, 15) is 18.0 Å². The molecule has 0 spiro atoms. The molecule has 0 bridgehead atoms. The minimum Gasteiger partial charge on any atom is -0.331 e. The van der Waals surface area contributed by atoms with Crippen molar-refractivity contribution in [2.75, 3.05) is 23.0 Å². The quantitative estimate of drug-likeness (QED) is 0.493. The summed E-state index contributed by atoms with van der Waals surface area (Å²) < 4.78 is 27.3. The van der Waals surface area contributed by atoms with Crippen molar-refractivity contribution in [1.82, 2.24) is 19.7 Å². The number of sulfone groups is 1. The molecule has 3 aromatic rings. The number of aryl methyl sites for hydroxylation is 1. The molecule has 1 saturated heterocycles. The van der Waals surface area contributed by atoms with E-state index < -0.39 is 9.84 Å². The maximum atomic E-state index is 13.3. The fraction of sp³-hybridized carbons (Fsp3) is 0.407. The number of aromatic nitrogens is 3. The van der Waals surface area contributed by atoms with Crippen LogP contribution in [0.5, 0.6) is 0 Å². The lowest BCUT2D eigenvalue weighted by atomic mass is 10.0. The van der Waals surface area contributed by atoms with Gasteiger partial charge in [-0.1, -0.05) is 6.07 Å². The first-order valence-corrected chi connectivity index (χ1v) is 14.8. The molecule has 6 rings (SSSR count). The number of rotatable bonds is 7. The van der Waals surface area contributed by atoms with Crippen molar-refractivity contribution in [2.24, 2.45) is 13.0 Å². The molecule has 3 aliphatic rings. The van der Waals surface area contributed by atoms with Gasteiger partial charge in [-0.2, -0.15) is 5.10 Å². The zero-order chi connectivity index (χ0) is 26.8. The topological polar surface area (TPSA) is 117 Å². The summed E-state index contributed by atoms with van der Waals surface area (Å²) in [6.07, 6.45) is 4.69. The van der Waals surface area contributed by atoms with Crippen molar-refractivity contribution in [2.45, 2.75) is 50.1 Å². The predicted molar refractivity (Wildman–Crippen MR) is 143 cm³/mol. The van der Waals surface area contributed by atoms with E-state index >= 15 is 0 Å². The summed E-state index contributed by atoms with van der Waals surface area (Å²) in [5.41, 5.74) is 2.39. The Hall–Kier alpha value is -3.73. The molecule has 38 heavy (non-hydrogen) atoms. The Labute approximate surface area is 221 Å². The summed E-state index contributed by atoms with van der Waals surface area (Å²) in [6.45, 7) is 3.10. The molecule has 2 fully saturated rings. The zero-order valence-electron chi connectivity index (χ0n) is 21.6. The first-order valence-electron chi connectivity index (χ1n) is 12.9. The number of anilines is 3. The second kappa shape index (κ2) is 8.93. The fourth-order valence-electron chi connectivity index (χ4n) is 5.51. The Morgan fingerprint density at radius 2 is 1.89 bits per heavy atom. The molecule has 2 aromatic heterocycles. The molecular formula is C27H30N6O4S. The highest BCUT2D eigenvalue weighted by atomic mass is 32.2. The molecule has 1 aliphatic carbocycles. The Morgan fingerprint density at radius 1 is 1.11 bits per heavy atom. The third kappa shape index (κ3) is 4.34. The van der Waals surface area contributed by atoms with Gasteiger partial charge in [-0.25, -0.2) is 13.4 Å². The number of benzene rings is 1. The van der Waals surface area contributed by atoms with Crippen LogP contribution in [0.2, 0.25) is 0 Å². The number of amides is 2. The van der Waals surface area contributed by atoms with Crippen LogP contribution in [0.3, 0.4) is 0 Å². The average molecular weight is 535 g/mol. The van der Waals surface area contributed by atoms with Crippen molar-refractivity contribution in [3.05, 3.63) is 47.5 Å². The highest BCUT2D eigenvalue weighted by molar-refractivity contribution is 7.90. The third-order valence-electron chi connectivity index (χ3n) is 7.71. The molecule has 1 N–H and O–H groups in total. The van der Waals surface area contributed by atoms with Crippen molar-refractivity contribution in [3.8, 4) is 11.3 Å². The fourth-order valence-corrected chi connectivity index (χ4v) is 6.44. The van der Waals surface area contributed by atoms with Crippen LogP contribution in [-0.4, -0.2) is 58.7 Å². The number of nitrogens with zero attached hydrogens (tertiary/aromatic N) is 5. The molecule has 2 aliphatic heterocycles. The second-order valence-corrected chi connectivity index (χ2v) is 12.5. The maximum absolute atomic E-state index is 13.3. The Balaban J connectivity index is 1.33. The van der Waals surface area contributed by atoms with Crippen LogP contribution in [0.4, 0.5) is 17.5 Å². The SMILES string of the molecule is CC(C1CC1)N1Cc2cc(-c3cc(Nc4cccc(N5CCCC5=O)n4)nn3C)cc(S(C)(=O)=O)c2C1=O. The van der Waals surface area contributed by atoms with Gasteiger partial charge in [-0.05, 0) is 61.9 Å². The van der Waals surface area contributed by atoms with Gasteiger partial charge in [-0.15, -0.1) is 0 Å². The standard InChI is InChI=1S/C27H30N6O4S/c1-16(17-9-10-17)33-15-19-12-18(13-21(38(3,36)37)26(19)27(33)35)20-14-23(30-31(20)2)28-22-6-4-7-24(29-22)32-11-5-8-25(32)34/h4,6-7,12-14,16-17H,5,8-11,15H2,1-3H3,(H,28,29,30). The second-order valence-electron chi connectivity index (χ2n) is 10.5. The van der Waals surface area contributed by atoms with Crippen LogP contribution in [0.1, 0.15) is 48.5 Å². The Morgan fingerprint density at radius 3 is 2.58 bits per heavy atom. The molecule has 1 aromatic carbocycles. The summed E-state index contributed by atoms with van der Waals surface area (Å²) >= 11 is 0. The lowest BCUT2D eigenvalue weighted by Crippen LogP contribution is -2.35. The van der Waals surface area contributed by atoms with E-state index in [4.69, 9.17) is 0 Å². The monoisotopic (exact) mass is 534 g/mol. The summed E-state index contributed by atoms with van der Waals surface area (Å²) in [5.74, 6) is 2.02. The van der Waals surface area contributed by atoms with E-state index in [1.54, 1.807) is 33.7 Å². The summed E-state index contributed by atoms with van der Waals surface area (Å²) in [5, 5.41) is 7.76. The van der Waals surface area contributed by atoms with Gasteiger partial charge in [-0.3, -0.25) is 19.2 Å². The van der Waals surface area contributed by atoms with Crippen molar-refractivity contribution in [3.63, 3.8) is 0 Å². The van der Waals surface area contributed by atoms with Gasteiger partial charge in [0, 0.05) is 50.5 Å². The molecule has 1 unspecified atom stereocenters. The molecule has 0 radical (unpaired) electrons. The van der Waals surface area contributed by atoms with Gasteiger partial charge < -0.3 is 10.2 Å². The number of hydrogen-bond donors (Lipinski definition) is 1. The number of hydrogen-bond acceptors (Lipinski definition) is 7. The maximum Gasteiger partial charge on any atom is 0.256 e. The number of nitrogens with one attached hydrogen (secondary N) is 1. The van der Waals surface area contributed by atoms with E-state index in [1.807, 2.05) is 31.2 Å². The highest BCUT2D eigenvalue weighted by Crippen LogP contribution is 2.41. The average Bonchev–Trinajstić information content (AvgIpc) is 3.41. The number of carbonyl (C=O) groups is 2. The Kier molecular flexibility index (Phi) is 5.78. The molecule has 10 nitrogen and oxygen atoms in total. The third-order valence-corrected chi connectivity index (χ3v) is 8.83. The van der Waals surface area contributed by atoms with Gasteiger partial charge >= 0.3 is 0 Å². The van der Waals surface area contributed by atoms with Gasteiger partial charge in [0.05, 0.1) is 16.2 Å². The predicted octanol–water partition coefficient (Wildman–Crippen LogP) is 3.51. The van der Waals surface area contributed by atoms with E-state index in [2.05, 4.69) is 15.4 Å². The molecule has 11 heteroatoms. The van der Waals surface area contributed by atoms with Crippen LogP contribution in [0.15, 0.2) is 41.3 Å². The zero-order valence-corrected chi connectivity index (χ0v) is 22.5. The van der Waals surface area contributed by atoms with E-state index in [-0.39, 0.29) is 22.8 Å². The molecule has 2 amide bonds. The van der Waals surface area contributed by atoms with Crippen LogP contribution in [0, 0.1) is 5.92 Å². The van der Waals surface area contributed by atoms with Gasteiger partial charge in [0.1, 0.15) is 11.6 Å². The minimum absolute atomic E-state index is 0.0563. The van der Waals surface area contributed by atoms with Gasteiger partial charge in [0.25, 0.3) is 5.91 Å². The molecule has 1 atom stereocenters. The van der Waals surface area contributed by atoms with E-state index in [1.165, 1.54) is 0 Å². The lowest BCUT2D eigenvalue weighted by molar-refractivity contribution is -0.117. The van der Waals surface area contributed by atoms with E-state index in [0.29, 0.717) is 59.7 Å². The highest BCUT2D eigenvalue weighted by Gasteiger charge is 2.41. The normalized spacial score (nSPS) is 18.3. The summed E-state index contributed by atoms with van der Waals surface area (Å²) in [6, 6.07) is 10.8.